The first kappa shape index (κ1) is 7.99. The molecule has 0 unspecified atom stereocenters. The number of carbonyl (C=O) groups excluding carboxylic acids is 1. The van der Waals surface area contributed by atoms with Crippen LogP contribution < -0.4 is 11.1 Å². The summed E-state index contributed by atoms with van der Waals surface area (Å²) < 4.78 is 0. The maximum Gasteiger partial charge on any atom is 0.231 e. The average Bonchev–Trinajstić information content (AvgIpc) is 1.80. The highest BCUT2D eigenvalue weighted by molar-refractivity contribution is 5.75. The lowest BCUT2D eigenvalue weighted by molar-refractivity contribution is -0.117. The Kier molecular flexibility index (Phi) is 4.56. The van der Waals surface area contributed by atoms with Gasteiger partial charge in [0.25, 0.3) is 0 Å². The van der Waals surface area contributed by atoms with E-state index < -0.39 is 0 Å². The van der Waals surface area contributed by atoms with Crippen LogP contribution in [0, 0.1) is 11.8 Å². The molecule has 0 aliphatic heterocycles. The van der Waals surface area contributed by atoms with Gasteiger partial charge in [-0.05, 0) is 6.92 Å². The lowest BCUT2D eigenvalue weighted by Gasteiger charge is -1.91. The van der Waals surface area contributed by atoms with E-state index in [-0.39, 0.29) is 12.5 Å². The SMILES string of the molecule is CC#CCNCC(N)=O. The number of rotatable bonds is 3. The molecule has 3 nitrogen and oxygen atoms in total. The van der Waals surface area contributed by atoms with Crippen molar-refractivity contribution >= 4 is 5.91 Å². The van der Waals surface area contributed by atoms with E-state index in [4.69, 9.17) is 5.73 Å². The topological polar surface area (TPSA) is 55.1 Å². The first-order valence-corrected chi connectivity index (χ1v) is 2.66. The molecule has 0 aliphatic carbocycles. The van der Waals surface area contributed by atoms with Crippen molar-refractivity contribution in [2.75, 3.05) is 13.1 Å². The molecule has 0 fully saturated rings. The molecule has 0 saturated heterocycles. The summed E-state index contributed by atoms with van der Waals surface area (Å²) in [6.45, 7) is 2.47. The minimum atomic E-state index is -0.354. The van der Waals surface area contributed by atoms with E-state index >= 15 is 0 Å². The van der Waals surface area contributed by atoms with Crippen LogP contribution in [0.1, 0.15) is 6.92 Å². The fourth-order valence-electron chi connectivity index (χ4n) is 0.337. The van der Waals surface area contributed by atoms with Crippen LogP contribution in [0.4, 0.5) is 0 Å². The van der Waals surface area contributed by atoms with Gasteiger partial charge < -0.3 is 5.73 Å². The second-order valence-corrected chi connectivity index (χ2v) is 1.50. The number of nitrogens with one attached hydrogen (secondary N) is 1. The van der Waals surface area contributed by atoms with Gasteiger partial charge in [-0.1, -0.05) is 5.92 Å². The second-order valence-electron chi connectivity index (χ2n) is 1.50. The molecule has 0 saturated carbocycles. The third kappa shape index (κ3) is 6.99. The van der Waals surface area contributed by atoms with Gasteiger partial charge in [-0.15, -0.1) is 5.92 Å². The van der Waals surface area contributed by atoms with E-state index in [1.807, 2.05) is 0 Å². The fraction of sp³-hybridized carbons (Fsp3) is 0.500. The van der Waals surface area contributed by atoms with E-state index in [0.717, 1.165) is 0 Å². The van der Waals surface area contributed by atoms with Gasteiger partial charge in [-0.25, -0.2) is 0 Å². The molecular weight excluding hydrogens is 116 g/mol. The van der Waals surface area contributed by atoms with Crippen LogP contribution in [0.15, 0.2) is 0 Å². The third-order valence-electron chi connectivity index (χ3n) is 0.689. The van der Waals surface area contributed by atoms with Gasteiger partial charge in [-0.2, -0.15) is 0 Å². The summed E-state index contributed by atoms with van der Waals surface area (Å²) in [5.74, 6) is 5.06. The van der Waals surface area contributed by atoms with Crippen molar-refractivity contribution in [3.05, 3.63) is 0 Å². The molecule has 0 aromatic carbocycles. The molecule has 0 atom stereocenters. The summed E-state index contributed by atoms with van der Waals surface area (Å²) in [7, 11) is 0. The molecule has 0 rings (SSSR count). The Balaban J connectivity index is 3.07. The van der Waals surface area contributed by atoms with E-state index in [2.05, 4.69) is 17.2 Å². The number of nitrogens with two attached hydrogens (primary N) is 1. The number of hydrogen-bond donors (Lipinski definition) is 2. The summed E-state index contributed by atoms with van der Waals surface area (Å²) in [6, 6.07) is 0. The van der Waals surface area contributed by atoms with E-state index in [1.54, 1.807) is 6.92 Å². The zero-order valence-corrected chi connectivity index (χ0v) is 5.40. The van der Waals surface area contributed by atoms with Crippen LogP contribution in [0.25, 0.3) is 0 Å². The number of amides is 1. The Morgan fingerprint density at radius 1 is 1.78 bits per heavy atom. The highest BCUT2D eigenvalue weighted by Gasteiger charge is 1.87. The molecule has 50 valence electrons. The maximum absolute atomic E-state index is 10.1. The number of carbonyl (C=O) groups is 1. The Bertz CT molecular complexity index is 143. The molecule has 0 bridgehead atoms. The van der Waals surface area contributed by atoms with E-state index in [0.29, 0.717) is 6.54 Å². The lowest BCUT2D eigenvalue weighted by Crippen LogP contribution is -2.28. The summed E-state index contributed by atoms with van der Waals surface area (Å²) >= 11 is 0. The third-order valence-corrected chi connectivity index (χ3v) is 0.689. The van der Waals surface area contributed by atoms with Crippen LogP contribution >= 0.6 is 0 Å². The van der Waals surface area contributed by atoms with Gasteiger partial charge in [0, 0.05) is 0 Å². The number of primary amides is 1. The predicted molar refractivity (Wildman–Crippen MR) is 35.5 cm³/mol. The van der Waals surface area contributed by atoms with Crippen molar-refractivity contribution in [2.24, 2.45) is 5.73 Å². The van der Waals surface area contributed by atoms with Crippen LogP contribution in [0.2, 0.25) is 0 Å². The first-order chi connectivity index (χ1) is 4.27. The number of hydrogen-bond acceptors (Lipinski definition) is 2. The molecule has 0 aliphatic rings. The van der Waals surface area contributed by atoms with Crippen LogP contribution in [0.5, 0.6) is 0 Å². The zero-order chi connectivity index (χ0) is 7.11. The van der Waals surface area contributed by atoms with Crippen LogP contribution in [0.3, 0.4) is 0 Å². The summed E-state index contributed by atoms with van der Waals surface area (Å²) in [6.07, 6.45) is 0. The van der Waals surface area contributed by atoms with E-state index in [1.165, 1.54) is 0 Å². The van der Waals surface area contributed by atoms with Gasteiger partial charge in [0.05, 0.1) is 13.1 Å². The summed E-state index contributed by atoms with van der Waals surface area (Å²) in [4.78, 5) is 10.1. The molecule has 0 aromatic rings. The fourth-order valence-corrected chi connectivity index (χ4v) is 0.337. The Morgan fingerprint density at radius 2 is 2.44 bits per heavy atom. The van der Waals surface area contributed by atoms with Gasteiger partial charge in [0.15, 0.2) is 0 Å². The normalized spacial score (nSPS) is 7.67. The monoisotopic (exact) mass is 126 g/mol. The Hall–Kier alpha value is -1.01. The Morgan fingerprint density at radius 3 is 2.89 bits per heavy atom. The van der Waals surface area contributed by atoms with Gasteiger partial charge in [-0.3, -0.25) is 10.1 Å². The maximum atomic E-state index is 10.1. The highest BCUT2D eigenvalue weighted by Crippen LogP contribution is 1.56. The van der Waals surface area contributed by atoms with Crippen molar-refractivity contribution in [3.8, 4) is 11.8 Å². The van der Waals surface area contributed by atoms with Crippen molar-refractivity contribution in [1.29, 1.82) is 0 Å². The first-order valence-electron chi connectivity index (χ1n) is 2.66. The molecule has 1 amide bonds. The van der Waals surface area contributed by atoms with Gasteiger partial charge in [0.2, 0.25) is 5.91 Å². The van der Waals surface area contributed by atoms with Crippen LogP contribution in [-0.4, -0.2) is 19.0 Å². The second kappa shape index (κ2) is 5.13. The van der Waals surface area contributed by atoms with Crippen molar-refractivity contribution in [3.63, 3.8) is 0 Å². The molecule has 3 N–H and O–H groups in total. The average molecular weight is 126 g/mol. The smallest absolute Gasteiger partial charge is 0.231 e. The molecule has 0 radical (unpaired) electrons. The summed E-state index contributed by atoms with van der Waals surface area (Å²) in [5, 5.41) is 2.74. The molecule has 0 aromatic heterocycles. The molecule has 0 spiro atoms. The predicted octanol–water partition coefficient (Wildman–Crippen LogP) is -0.915. The van der Waals surface area contributed by atoms with Gasteiger partial charge in [0.1, 0.15) is 0 Å². The van der Waals surface area contributed by atoms with Crippen molar-refractivity contribution in [2.45, 2.75) is 6.92 Å². The summed E-state index contributed by atoms with van der Waals surface area (Å²) in [5.41, 5.74) is 4.83. The zero-order valence-electron chi connectivity index (χ0n) is 5.40. The lowest BCUT2D eigenvalue weighted by atomic mass is 10.5. The Labute approximate surface area is 54.6 Å². The van der Waals surface area contributed by atoms with E-state index in [9.17, 15) is 4.79 Å². The van der Waals surface area contributed by atoms with Gasteiger partial charge >= 0.3 is 0 Å². The minimum absolute atomic E-state index is 0.203. The van der Waals surface area contributed by atoms with Crippen molar-refractivity contribution < 1.29 is 4.79 Å². The highest BCUT2D eigenvalue weighted by atomic mass is 16.1. The minimum Gasteiger partial charge on any atom is -0.369 e. The molecular formula is C6H10N2O. The van der Waals surface area contributed by atoms with Crippen LogP contribution in [-0.2, 0) is 4.79 Å². The largest absolute Gasteiger partial charge is 0.369 e. The standard InChI is InChI=1S/C6H10N2O/c1-2-3-4-8-5-6(7)9/h8H,4-5H2,1H3,(H2,7,9). The quantitative estimate of drug-likeness (QED) is 0.380. The molecule has 3 heteroatoms. The molecule has 0 heterocycles. The van der Waals surface area contributed by atoms with Crippen molar-refractivity contribution in [1.82, 2.24) is 5.32 Å². The molecule has 9 heavy (non-hydrogen) atoms.